The van der Waals surface area contributed by atoms with Gasteiger partial charge in [-0.2, -0.15) is 5.26 Å². The van der Waals surface area contributed by atoms with Crippen LogP contribution >= 0.6 is 0 Å². The Labute approximate surface area is 141 Å². The quantitative estimate of drug-likeness (QED) is 0.480. The Balaban J connectivity index is 1.92. The van der Waals surface area contributed by atoms with Crippen LogP contribution in [0.25, 0.3) is 0 Å². The average molecular weight is 332 g/mol. The maximum absolute atomic E-state index is 13.8. The molecule has 0 spiro atoms. The highest BCUT2D eigenvalue weighted by molar-refractivity contribution is 5.97. The van der Waals surface area contributed by atoms with Gasteiger partial charge in [0.1, 0.15) is 17.5 Å². The molecule has 1 saturated heterocycles. The summed E-state index contributed by atoms with van der Waals surface area (Å²) in [6.07, 6.45) is 1.57. The first-order valence-corrected chi connectivity index (χ1v) is 7.78. The zero-order valence-corrected chi connectivity index (χ0v) is 13.7. The van der Waals surface area contributed by atoms with Crippen LogP contribution in [0.2, 0.25) is 0 Å². The third kappa shape index (κ3) is 4.70. The summed E-state index contributed by atoms with van der Waals surface area (Å²) in [5.74, 6) is -0.650. The van der Waals surface area contributed by atoms with Gasteiger partial charge < -0.3 is 19.9 Å². The van der Waals surface area contributed by atoms with Crippen molar-refractivity contribution in [3.05, 3.63) is 41.9 Å². The Hall–Kier alpha value is -2.59. The summed E-state index contributed by atoms with van der Waals surface area (Å²) in [4.78, 5) is 15.8. The predicted octanol–water partition coefficient (Wildman–Crippen LogP) is 1.12. The number of benzene rings is 1. The molecule has 0 unspecified atom stereocenters. The summed E-state index contributed by atoms with van der Waals surface area (Å²) >= 11 is 0. The Bertz CT molecular complexity index is 634. The van der Waals surface area contributed by atoms with Gasteiger partial charge in [-0.3, -0.25) is 4.79 Å². The van der Waals surface area contributed by atoms with Crippen molar-refractivity contribution in [3.63, 3.8) is 0 Å². The summed E-state index contributed by atoms with van der Waals surface area (Å²) in [6.45, 7) is 3.24. The Morgan fingerprint density at radius 2 is 2.08 bits per heavy atom. The van der Waals surface area contributed by atoms with Crippen LogP contribution in [0.4, 0.5) is 10.1 Å². The zero-order chi connectivity index (χ0) is 17.4. The number of anilines is 1. The third-order valence-electron chi connectivity index (χ3n) is 3.78. The molecule has 0 saturated carbocycles. The summed E-state index contributed by atoms with van der Waals surface area (Å²) in [5.41, 5.74) is 0.643. The van der Waals surface area contributed by atoms with E-state index in [1.165, 1.54) is 6.07 Å². The Morgan fingerprint density at radius 3 is 2.71 bits per heavy atom. The molecule has 0 atom stereocenters. The number of para-hydroxylation sites is 1. The second-order valence-electron chi connectivity index (χ2n) is 5.38. The van der Waals surface area contributed by atoms with E-state index >= 15 is 0 Å². The summed E-state index contributed by atoms with van der Waals surface area (Å²) in [6, 6.07) is 8.59. The molecule has 1 N–H and O–H groups in total. The Kier molecular flexibility index (Phi) is 6.58. The van der Waals surface area contributed by atoms with E-state index in [1.807, 2.05) is 21.9 Å². The van der Waals surface area contributed by atoms with E-state index in [0.29, 0.717) is 45.0 Å². The van der Waals surface area contributed by atoms with E-state index in [4.69, 9.17) is 10.00 Å². The van der Waals surface area contributed by atoms with Crippen LogP contribution in [-0.2, 0) is 9.53 Å². The summed E-state index contributed by atoms with van der Waals surface area (Å²) in [5, 5.41) is 11.8. The lowest BCUT2D eigenvalue weighted by atomic mass is 10.2. The molecule has 1 heterocycles. The first-order valence-electron chi connectivity index (χ1n) is 7.78. The highest BCUT2D eigenvalue weighted by atomic mass is 19.1. The molecule has 0 aromatic heterocycles. The Morgan fingerprint density at radius 1 is 1.38 bits per heavy atom. The van der Waals surface area contributed by atoms with Crippen molar-refractivity contribution < 1.29 is 13.9 Å². The fourth-order valence-corrected chi connectivity index (χ4v) is 2.48. The number of amides is 1. The lowest BCUT2D eigenvalue weighted by Crippen LogP contribution is -2.44. The number of ether oxygens (including phenoxy) is 1. The first-order chi connectivity index (χ1) is 11.7. The van der Waals surface area contributed by atoms with Gasteiger partial charge in [0.25, 0.3) is 5.91 Å². The SMILES string of the molecule is COCCNC(=O)/C(C#N)=C\N1CCN(c2ccccc2F)CC1. The summed E-state index contributed by atoms with van der Waals surface area (Å²) < 4.78 is 18.7. The van der Waals surface area contributed by atoms with E-state index in [1.54, 1.807) is 25.4 Å². The molecule has 7 heteroatoms. The topological polar surface area (TPSA) is 68.6 Å². The molecule has 0 bridgehead atoms. The van der Waals surface area contributed by atoms with Gasteiger partial charge in [0.05, 0.1) is 12.3 Å². The lowest BCUT2D eigenvalue weighted by molar-refractivity contribution is -0.117. The molecule has 1 aromatic rings. The molecule has 0 aliphatic carbocycles. The zero-order valence-electron chi connectivity index (χ0n) is 13.7. The van der Waals surface area contributed by atoms with Crippen molar-refractivity contribution in [3.8, 4) is 6.07 Å². The smallest absolute Gasteiger partial charge is 0.263 e. The van der Waals surface area contributed by atoms with Crippen molar-refractivity contribution >= 4 is 11.6 Å². The first kappa shape index (κ1) is 17.8. The molecule has 1 aliphatic heterocycles. The number of nitrogens with one attached hydrogen (secondary N) is 1. The number of hydrogen-bond acceptors (Lipinski definition) is 5. The molecule has 1 aromatic carbocycles. The van der Waals surface area contributed by atoms with Crippen LogP contribution in [0.1, 0.15) is 0 Å². The van der Waals surface area contributed by atoms with Crippen LogP contribution in [-0.4, -0.2) is 57.2 Å². The van der Waals surface area contributed by atoms with Crippen molar-refractivity contribution in [2.24, 2.45) is 0 Å². The number of nitriles is 1. The van der Waals surface area contributed by atoms with Gasteiger partial charge in [-0.1, -0.05) is 12.1 Å². The number of halogens is 1. The number of hydrogen-bond donors (Lipinski definition) is 1. The van der Waals surface area contributed by atoms with Crippen molar-refractivity contribution in [1.29, 1.82) is 5.26 Å². The van der Waals surface area contributed by atoms with Gasteiger partial charge in [0.15, 0.2) is 0 Å². The number of piperazine rings is 1. The number of nitrogens with zero attached hydrogens (tertiary/aromatic N) is 3. The van der Waals surface area contributed by atoms with E-state index in [2.05, 4.69) is 5.32 Å². The minimum Gasteiger partial charge on any atom is -0.383 e. The van der Waals surface area contributed by atoms with E-state index in [0.717, 1.165) is 0 Å². The molecule has 6 nitrogen and oxygen atoms in total. The van der Waals surface area contributed by atoms with Gasteiger partial charge in [0, 0.05) is 46.0 Å². The van der Waals surface area contributed by atoms with Crippen molar-refractivity contribution in [2.45, 2.75) is 0 Å². The largest absolute Gasteiger partial charge is 0.383 e. The second kappa shape index (κ2) is 8.89. The third-order valence-corrected chi connectivity index (χ3v) is 3.78. The van der Waals surface area contributed by atoms with Crippen molar-refractivity contribution in [2.75, 3.05) is 51.3 Å². The van der Waals surface area contributed by atoms with Gasteiger partial charge >= 0.3 is 0 Å². The summed E-state index contributed by atoms with van der Waals surface area (Å²) in [7, 11) is 1.54. The van der Waals surface area contributed by atoms with Gasteiger partial charge in [-0.15, -0.1) is 0 Å². The minimum absolute atomic E-state index is 0.0606. The van der Waals surface area contributed by atoms with Crippen LogP contribution in [0.3, 0.4) is 0 Å². The highest BCUT2D eigenvalue weighted by Gasteiger charge is 2.19. The molecule has 1 amide bonds. The fraction of sp³-hybridized carbons (Fsp3) is 0.412. The highest BCUT2D eigenvalue weighted by Crippen LogP contribution is 2.20. The number of carbonyl (C=O) groups is 1. The van der Waals surface area contributed by atoms with Gasteiger partial charge in [-0.25, -0.2) is 4.39 Å². The minimum atomic E-state index is -0.411. The number of methoxy groups -OCH3 is 1. The van der Waals surface area contributed by atoms with E-state index in [-0.39, 0.29) is 11.4 Å². The molecule has 0 radical (unpaired) electrons. The normalized spacial score (nSPS) is 15.1. The van der Waals surface area contributed by atoms with Gasteiger partial charge in [0.2, 0.25) is 0 Å². The number of carbonyl (C=O) groups excluding carboxylic acids is 1. The molecule has 128 valence electrons. The predicted molar refractivity (Wildman–Crippen MR) is 88.8 cm³/mol. The fourth-order valence-electron chi connectivity index (χ4n) is 2.48. The molecular weight excluding hydrogens is 311 g/mol. The van der Waals surface area contributed by atoms with E-state index < -0.39 is 5.91 Å². The molecule has 1 aliphatic rings. The molecule has 1 fully saturated rings. The van der Waals surface area contributed by atoms with Crippen LogP contribution in [0.15, 0.2) is 36.0 Å². The molecular formula is C17H21FN4O2. The van der Waals surface area contributed by atoms with E-state index in [9.17, 15) is 9.18 Å². The number of rotatable bonds is 6. The standard InChI is InChI=1S/C17H21FN4O2/c1-24-11-6-20-17(23)14(12-19)13-21-7-9-22(10-8-21)16-5-3-2-4-15(16)18/h2-5,13H,6-11H2,1H3,(H,20,23)/b14-13-. The van der Waals surface area contributed by atoms with Crippen LogP contribution in [0.5, 0.6) is 0 Å². The van der Waals surface area contributed by atoms with Crippen molar-refractivity contribution in [1.82, 2.24) is 10.2 Å². The van der Waals surface area contributed by atoms with Crippen LogP contribution in [0, 0.1) is 17.1 Å². The van der Waals surface area contributed by atoms with Gasteiger partial charge in [-0.05, 0) is 12.1 Å². The monoisotopic (exact) mass is 332 g/mol. The lowest BCUT2D eigenvalue weighted by Gasteiger charge is -2.35. The molecule has 2 rings (SSSR count). The maximum atomic E-state index is 13.8. The van der Waals surface area contributed by atoms with Crippen LogP contribution < -0.4 is 10.2 Å². The molecule has 24 heavy (non-hydrogen) atoms. The second-order valence-corrected chi connectivity index (χ2v) is 5.38. The average Bonchev–Trinajstić information content (AvgIpc) is 2.61. The maximum Gasteiger partial charge on any atom is 0.263 e.